The molecule has 1 saturated heterocycles. The van der Waals surface area contributed by atoms with Gasteiger partial charge >= 0.3 is 0 Å². The Hall–Kier alpha value is -2.22. The third-order valence-electron chi connectivity index (χ3n) is 7.09. The van der Waals surface area contributed by atoms with E-state index in [9.17, 15) is 22.4 Å². The number of carbonyl (C=O) groups is 2. The van der Waals surface area contributed by atoms with E-state index in [1.807, 2.05) is 0 Å². The van der Waals surface area contributed by atoms with Gasteiger partial charge in [0.1, 0.15) is 0 Å². The molecule has 2 aliphatic carbocycles. The molecule has 0 radical (unpaired) electrons. The van der Waals surface area contributed by atoms with Gasteiger partial charge in [-0.05, 0) is 62.1 Å². The highest BCUT2D eigenvalue weighted by molar-refractivity contribution is 7.91. The molecule has 2 saturated carbocycles. The molecule has 1 unspecified atom stereocenters. The predicted molar refractivity (Wildman–Crippen MR) is 123 cm³/mol. The van der Waals surface area contributed by atoms with E-state index >= 15 is 0 Å². The van der Waals surface area contributed by atoms with E-state index in [1.165, 1.54) is 18.9 Å². The first-order chi connectivity index (χ1) is 15.8. The van der Waals surface area contributed by atoms with Crippen molar-refractivity contribution >= 4 is 21.7 Å². The Bertz CT molecular complexity index is 1030. The molecule has 1 atom stereocenters. The molecule has 180 valence electrons. The zero-order chi connectivity index (χ0) is 23.5. The molecule has 33 heavy (non-hydrogen) atoms. The van der Waals surface area contributed by atoms with Crippen molar-refractivity contribution in [3.8, 4) is 5.75 Å². The number of amides is 2. The molecule has 0 spiro atoms. The van der Waals surface area contributed by atoms with E-state index < -0.39 is 21.1 Å². The first-order valence-corrected chi connectivity index (χ1v) is 13.7. The van der Waals surface area contributed by atoms with Gasteiger partial charge in [0, 0.05) is 11.8 Å². The van der Waals surface area contributed by atoms with Crippen molar-refractivity contribution in [2.75, 3.05) is 18.1 Å². The maximum Gasteiger partial charge on any atom is 0.230 e. The van der Waals surface area contributed by atoms with E-state index in [2.05, 4.69) is 5.32 Å². The highest BCUT2D eigenvalue weighted by Crippen LogP contribution is 2.50. The summed E-state index contributed by atoms with van der Waals surface area (Å²) < 4.78 is 45.6. The molecular formula is C25H32FNO5S. The van der Waals surface area contributed by atoms with Crippen LogP contribution in [0.1, 0.15) is 63.4 Å². The maximum atomic E-state index is 14.3. The quantitative estimate of drug-likeness (QED) is 0.386. The van der Waals surface area contributed by atoms with Crippen LogP contribution in [0.3, 0.4) is 0 Å². The second-order valence-electron chi connectivity index (χ2n) is 9.79. The molecule has 6 nitrogen and oxygen atoms in total. The summed E-state index contributed by atoms with van der Waals surface area (Å²) in [6, 6.07) is 4.77. The van der Waals surface area contributed by atoms with Crippen LogP contribution in [0.5, 0.6) is 5.75 Å². The summed E-state index contributed by atoms with van der Waals surface area (Å²) >= 11 is 0. The van der Waals surface area contributed by atoms with Gasteiger partial charge in [-0.1, -0.05) is 31.1 Å². The van der Waals surface area contributed by atoms with E-state index in [1.54, 1.807) is 24.3 Å². The third-order valence-corrected chi connectivity index (χ3v) is 8.94. The van der Waals surface area contributed by atoms with Crippen molar-refractivity contribution in [2.24, 2.45) is 11.8 Å². The number of halogens is 1. The number of hydrogen-bond acceptors (Lipinski definition) is 5. The van der Waals surface area contributed by atoms with E-state index in [0.717, 1.165) is 31.2 Å². The zero-order valence-electron chi connectivity index (χ0n) is 18.9. The summed E-state index contributed by atoms with van der Waals surface area (Å²) in [5.41, 5.74) is 0.380. The largest absolute Gasteiger partial charge is 0.490 e. The molecule has 1 aromatic carbocycles. The number of imide groups is 1. The molecule has 4 rings (SSSR count). The molecule has 2 amide bonds. The normalized spacial score (nSPS) is 22.8. The van der Waals surface area contributed by atoms with Crippen LogP contribution in [0, 0.1) is 17.7 Å². The first-order valence-electron chi connectivity index (χ1n) is 11.9. The minimum atomic E-state index is -3.31. The fourth-order valence-corrected chi connectivity index (χ4v) is 6.85. The van der Waals surface area contributed by atoms with Crippen LogP contribution in [-0.2, 0) is 24.8 Å². The lowest BCUT2D eigenvalue weighted by molar-refractivity contribution is -0.125. The van der Waals surface area contributed by atoms with E-state index in [0.29, 0.717) is 25.4 Å². The van der Waals surface area contributed by atoms with Crippen molar-refractivity contribution in [1.29, 1.82) is 0 Å². The van der Waals surface area contributed by atoms with E-state index in [-0.39, 0.29) is 41.4 Å². The smallest absolute Gasteiger partial charge is 0.230 e. The topological polar surface area (TPSA) is 89.5 Å². The number of ether oxygens (including phenoxy) is 1. The lowest BCUT2D eigenvalue weighted by Crippen LogP contribution is -2.23. The monoisotopic (exact) mass is 477 g/mol. The summed E-state index contributed by atoms with van der Waals surface area (Å²) in [6.07, 6.45) is 10.7. The van der Waals surface area contributed by atoms with Gasteiger partial charge in [0.05, 0.1) is 24.0 Å². The minimum absolute atomic E-state index is 0.0211. The van der Waals surface area contributed by atoms with Crippen molar-refractivity contribution in [3.63, 3.8) is 0 Å². The second-order valence-corrected chi connectivity index (χ2v) is 12.0. The Kier molecular flexibility index (Phi) is 7.22. The van der Waals surface area contributed by atoms with Crippen molar-refractivity contribution in [3.05, 3.63) is 41.7 Å². The van der Waals surface area contributed by atoms with Crippen LogP contribution < -0.4 is 10.1 Å². The van der Waals surface area contributed by atoms with Crippen LogP contribution in [0.4, 0.5) is 4.39 Å². The van der Waals surface area contributed by atoms with Gasteiger partial charge in [-0.15, -0.1) is 0 Å². The molecule has 3 aliphatic rings. The summed E-state index contributed by atoms with van der Waals surface area (Å²) in [5.74, 6) is -0.529. The Balaban J connectivity index is 1.30. The first kappa shape index (κ1) is 23.9. The molecule has 1 N–H and O–H groups in total. The Morgan fingerprint density at radius 1 is 1.15 bits per heavy atom. The second kappa shape index (κ2) is 9.95. The lowest BCUT2D eigenvalue weighted by Gasteiger charge is -2.18. The Morgan fingerprint density at radius 2 is 1.91 bits per heavy atom. The van der Waals surface area contributed by atoms with Crippen LogP contribution in [0.25, 0.3) is 0 Å². The van der Waals surface area contributed by atoms with Crippen LogP contribution in [0.2, 0.25) is 0 Å². The van der Waals surface area contributed by atoms with Crippen molar-refractivity contribution in [2.45, 2.75) is 63.2 Å². The third kappa shape index (κ3) is 6.22. The number of carbonyl (C=O) groups excluding carboxylic acids is 2. The predicted octanol–water partition coefficient (Wildman–Crippen LogP) is 3.84. The van der Waals surface area contributed by atoms with Gasteiger partial charge in [0.25, 0.3) is 0 Å². The van der Waals surface area contributed by atoms with Gasteiger partial charge in [0.15, 0.2) is 21.4 Å². The average Bonchev–Trinajstić information content (AvgIpc) is 3.18. The average molecular weight is 478 g/mol. The summed E-state index contributed by atoms with van der Waals surface area (Å²) in [7, 11) is -3.31. The number of rotatable bonds is 11. The molecule has 1 aromatic rings. The molecule has 8 heteroatoms. The molecule has 3 fully saturated rings. The van der Waals surface area contributed by atoms with Crippen molar-refractivity contribution in [1.82, 2.24) is 5.32 Å². The fourth-order valence-electron chi connectivity index (χ4n) is 4.91. The Morgan fingerprint density at radius 3 is 2.58 bits per heavy atom. The summed E-state index contributed by atoms with van der Waals surface area (Å²) in [6.45, 7) is 0.509. The van der Waals surface area contributed by atoms with Crippen LogP contribution >= 0.6 is 0 Å². The summed E-state index contributed by atoms with van der Waals surface area (Å²) in [4.78, 5) is 22.8. The van der Waals surface area contributed by atoms with Gasteiger partial charge in [-0.25, -0.2) is 12.8 Å². The standard InChI is InChI=1S/C25H32FNO5S/c26-21-10-9-20(15-22(21)32-16-18-6-3-4-7-18)25(11-12-25)17-33(30,31)13-5-1-2-8-19-14-23(28)27-24(19)29/h1-2,9-10,15,18-19H,3-8,11-14,16-17H2,(H,27,28,29)/b2-1+. The van der Waals surface area contributed by atoms with Gasteiger partial charge in [-0.3, -0.25) is 14.9 Å². The SMILES string of the molecule is O=C1CC(C/C=C/CCS(=O)(=O)CC2(c3ccc(F)c(OCC4CCCC4)c3)CC2)C(=O)N1. The zero-order valence-corrected chi connectivity index (χ0v) is 19.7. The molecular weight excluding hydrogens is 445 g/mol. The fraction of sp³-hybridized carbons (Fsp3) is 0.600. The van der Waals surface area contributed by atoms with Crippen molar-refractivity contribution < 1.29 is 27.1 Å². The molecule has 1 heterocycles. The van der Waals surface area contributed by atoms with Gasteiger partial charge in [0.2, 0.25) is 11.8 Å². The lowest BCUT2D eigenvalue weighted by atomic mass is 9.98. The molecule has 0 aromatic heterocycles. The van der Waals surface area contributed by atoms with Gasteiger partial charge < -0.3 is 4.74 Å². The maximum absolute atomic E-state index is 14.3. The summed E-state index contributed by atoms with van der Waals surface area (Å²) in [5, 5.41) is 2.27. The van der Waals surface area contributed by atoms with Crippen LogP contribution in [-0.4, -0.2) is 38.3 Å². The highest BCUT2D eigenvalue weighted by atomic mass is 32.2. The van der Waals surface area contributed by atoms with Crippen LogP contribution in [0.15, 0.2) is 30.4 Å². The number of allylic oxidation sites excluding steroid dienone is 2. The number of benzene rings is 1. The molecule has 0 bridgehead atoms. The number of sulfone groups is 1. The highest BCUT2D eigenvalue weighted by Gasteiger charge is 2.47. The minimum Gasteiger partial charge on any atom is -0.490 e. The van der Waals surface area contributed by atoms with E-state index in [4.69, 9.17) is 4.74 Å². The molecule has 1 aliphatic heterocycles. The van der Waals surface area contributed by atoms with Gasteiger partial charge in [-0.2, -0.15) is 0 Å². The Labute approximate surface area is 194 Å². The number of nitrogens with one attached hydrogen (secondary N) is 1. The number of hydrogen-bond donors (Lipinski definition) is 1.